The second-order valence-corrected chi connectivity index (χ2v) is 6.18. The Kier molecular flexibility index (Phi) is 6.05. The molecule has 2 atom stereocenters. The quantitative estimate of drug-likeness (QED) is 0.886. The third kappa shape index (κ3) is 4.05. The smallest absolute Gasteiger partial charge is 0.229 e. The van der Waals surface area contributed by atoms with Gasteiger partial charge < -0.3 is 11.1 Å². The van der Waals surface area contributed by atoms with E-state index in [1.54, 1.807) is 12.1 Å². The fraction of sp³-hybridized carbons (Fsp3) is 0.278. The lowest BCUT2D eigenvalue weighted by Crippen LogP contribution is -2.22. The Labute approximate surface area is 147 Å². The molecule has 1 fully saturated rings. The van der Waals surface area contributed by atoms with Crippen LogP contribution in [0.4, 0.5) is 0 Å². The predicted octanol–water partition coefficient (Wildman–Crippen LogP) is 3.46. The van der Waals surface area contributed by atoms with Crippen LogP contribution < -0.4 is 11.1 Å². The van der Waals surface area contributed by atoms with E-state index in [2.05, 4.69) is 17.4 Å². The summed E-state index contributed by atoms with van der Waals surface area (Å²) in [5, 5.41) is 4.02. The highest BCUT2D eigenvalue weighted by atomic mass is 35.5. The third-order valence-electron chi connectivity index (χ3n) is 4.29. The number of amides is 1. The number of nitrogens with two attached hydrogens (primary N) is 1. The maximum Gasteiger partial charge on any atom is 0.229 e. The van der Waals surface area contributed by atoms with Gasteiger partial charge in [0.05, 0.1) is 5.92 Å². The van der Waals surface area contributed by atoms with E-state index in [-0.39, 0.29) is 18.3 Å². The molecule has 2 unspecified atom stereocenters. The van der Waals surface area contributed by atoms with Crippen LogP contribution in [0.15, 0.2) is 48.5 Å². The molecule has 0 spiro atoms. The van der Waals surface area contributed by atoms with Crippen molar-refractivity contribution in [2.45, 2.75) is 18.3 Å². The van der Waals surface area contributed by atoms with Gasteiger partial charge in [-0.25, -0.2) is 0 Å². The Morgan fingerprint density at radius 2 is 1.65 bits per heavy atom. The lowest BCUT2D eigenvalue weighted by molar-refractivity contribution is -0.118. The van der Waals surface area contributed by atoms with E-state index in [1.807, 2.05) is 24.3 Å². The van der Waals surface area contributed by atoms with Crippen LogP contribution in [0.25, 0.3) is 0 Å². The molecule has 0 aliphatic carbocycles. The molecule has 3 N–H and O–H groups in total. The topological polar surface area (TPSA) is 55.1 Å². The van der Waals surface area contributed by atoms with Gasteiger partial charge in [-0.1, -0.05) is 48.0 Å². The van der Waals surface area contributed by atoms with Crippen molar-refractivity contribution in [3.05, 3.63) is 70.2 Å². The number of primary amides is 1. The number of nitrogens with one attached hydrogen (secondary N) is 1. The van der Waals surface area contributed by atoms with Crippen molar-refractivity contribution in [3.8, 4) is 0 Å². The molecular weight excluding hydrogens is 331 g/mol. The minimum Gasteiger partial charge on any atom is -0.369 e. The molecule has 0 bridgehead atoms. The first kappa shape index (κ1) is 17.8. The first-order valence-electron chi connectivity index (χ1n) is 7.50. The van der Waals surface area contributed by atoms with Crippen molar-refractivity contribution >= 4 is 29.9 Å². The molecule has 1 saturated heterocycles. The molecule has 122 valence electrons. The van der Waals surface area contributed by atoms with Gasteiger partial charge in [-0.3, -0.25) is 4.79 Å². The molecule has 0 aromatic heterocycles. The van der Waals surface area contributed by atoms with E-state index in [1.165, 1.54) is 5.56 Å². The predicted molar refractivity (Wildman–Crippen MR) is 96.4 cm³/mol. The molecule has 0 radical (unpaired) electrons. The first-order valence-corrected chi connectivity index (χ1v) is 7.88. The van der Waals surface area contributed by atoms with Crippen LogP contribution in [0.5, 0.6) is 0 Å². The second kappa shape index (κ2) is 7.82. The normalized spacial score (nSPS) is 18.2. The van der Waals surface area contributed by atoms with Crippen LogP contribution in [0.3, 0.4) is 0 Å². The van der Waals surface area contributed by atoms with Crippen LogP contribution >= 0.6 is 24.0 Å². The van der Waals surface area contributed by atoms with Crippen LogP contribution in [0, 0.1) is 0 Å². The number of hydrogen-bond donors (Lipinski definition) is 2. The van der Waals surface area contributed by atoms with Gasteiger partial charge in [0.25, 0.3) is 0 Å². The number of carbonyl (C=O) groups excluding carboxylic acids is 1. The Morgan fingerprint density at radius 3 is 2.13 bits per heavy atom. The van der Waals surface area contributed by atoms with E-state index in [9.17, 15) is 4.79 Å². The highest BCUT2D eigenvalue weighted by Gasteiger charge is 2.21. The SMILES string of the molecule is Cl.NC(=O)C(c1ccc(Cl)cc1)c1ccc(C2CCNC2)cc1. The third-order valence-corrected chi connectivity index (χ3v) is 4.54. The summed E-state index contributed by atoms with van der Waals surface area (Å²) in [4.78, 5) is 11.9. The van der Waals surface area contributed by atoms with Gasteiger partial charge in [-0.05, 0) is 47.7 Å². The minimum atomic E-state index is -0.437. The van der Waals surface area contributed by atoms with Crippen molar-refractivity contribution in [3.63, 3.8) is 0 Å². The lowest BCUT2D eigenvalue weighted by atomic mass is 9.88. The van der Waals surface area contributed by atoms with Gasteiger partial charge in [-0.2, -0.15) is 0 Å². The van der Waals surface area contributed by atoms with E-state index >= 15 is 0 Å². The monoisotopic (exact) mass is 350 g/mol. The highest BCUT2D eigenvalue weighted by molar-refractivity contribution is 6.30. The van der Waals surface area contributed by atoms with Gasteiger partial charge in [0.2, 0.25) is 5.91 Å². The Balaban J connectivity index is 0.00000192. The molecule has 23 heavy (non-hydrogen) atoms. The number of hydrogen-bond acceptors (Lipinski definition) is 2. The van der Waals surface area contributed by atoms with Crippen LogP contribution in [0.1, 0.15) is 34.9 Å². The summed E-state index contributed by atoms with van der Waals surface area (Å²) >= 11 is 5.91. The van der Waals surface area contributed by atoms with Gasteiger partial charge in [0.15, 0.2) is 0 Å². The summed E-state index contributed by atoms with van der Waals surface area (Å²) in [6.07, 6.45) is 1.16. The number of carbonyl (C=O) groups is 1. The molecule has 2 aromatic rings. The standard InChI is InChI=1S/C18H19ClN2O.ClH/c19-16-7-5-14(6-8-16)17(18(20)22)13-3-1-12(2-4-13)15-9-10-21-11-15;/h1-8,15,17,21H,9-11H2,(H2,20,22);1H. The maximum atomic E-state index is 11.9. The molecule has 3 nitrogen and oxygen atoms in total. The summed E-state index contributed by atoms with van der Waals surface area (Å²) in [6.45, 7) is 2.09. The number of benzene rings is 2. The Bertz CT molecular complexity index is 650. The highest BCUT2D eigenvalue weighted by Crippen LogP contribution is 2.28. The van der Waals surface area contributed by atoms with Crippen LogP contribution in [0.2, 0.25) is 5.02 Å². The molecule has 1 aliphatic rings. The van der Waals surface area contributed by atoms with Crippen molar-refractivity contribution < 1.29 is 4.79 Å². The number of halogens is 2. The zero-order valence-corrected chi connectivity index (χ0v) is 14.2. The summed E-state index contributed by atoms with van der Waals surface area (Å²) in [5.74, 6) is -0.220. The van der Waals surface area contributed by atoms with Crippen LogP contribution in [-0.2, 0) is 4.79 Å². The van der Waals surface area contributed by atoms with Gasteiger partial charge in [0, 0.05) is 11.6 Å². The Hall–Kier alpha value is -1.55. The van der Waals surface area contributed by atoms with E-state index in [0.717, 1.165) is 30.6 Å². The van der Waals surface area contributed by atoms with E-state index in [0.29, 0.717) is 10.9 Å². The number of rotatable bonds is 4. The van der Waals surface area contributed by atoms with Gasteiger partial charge in [0.1, 0.15) is 0 Å². The minimum absolute atomic E-state index is 0. The van der Waals surface area contributed by atoms with Gasteiger partial charge >= 0.3 is 0 Å². The maximum absolute atomic E-state index is 11.9. The molecule has 1 aliphatic heterocycles. The fourth-order valence-electron chi connectivity index (χ4n) is 3.08. The Morgan fingerprint density at radius 1 is 1.09 bits per heavy atom. The summed E-state index contributed by atoms with van der Waals surface area (Å²) in [7, 11) is 0. The fourth-order valence-corrected chi connectivity index (χ4v) is 3.20. The molecular formula is C18H20Cl2N2O. The van der Waals surface area contributed by atoms with Crippen molar-refractivity contribution in [1.29, 1.82) is 0 Å². The average Bonchev–Trinajstić information content (AvgIpc) is 3.04. The molecule has 5 heteroatoms. The zero-order chi connectivity index (χ0) is 15.5. The molecule has 2 aromatic carbocycles. The molecule has 1 heterocycles. The van der Waals surface area contributed by atoms with Crippen molar-refractivity contribution in [1.82, 2.24) is 5.32 Å². The van der Waals surface area contributed by atoms with Crippen LogP contribution in [-0.4, -0.2) is 19.0 Å². The van der Waals surface area contributed by atoms with E-state index < -0.39 is 5.92 Å². The first-order chi connectivity index (χ1) is 10.6. The molecule has 1 amide bonds. The second-order valence-electron chi connectivity index (χ2n) is 5.74. The van der Waals surface area contributed by atoms with E-state index in [4.69, 9.17) is 17.3 Å². The van der Waals surface area contributed by atoms with Crippen molar-refractivity contribution in [2.24, 2.45) is 5.73 Å². The average molecular weight is 351 g/mol. The van der Waals surface area contributed by atoms with Gasteiger partial charge in [-0.15, -0.1) is 12.4 Å². The zero-order valence-electron chi connectivity index (χ0n) is 12.7. The molecule has 0 saturated carbocycles. The van der Waals surface area contributed by atoms with Crippen molar-refractivity contribution in [2.75, 3.05) is 13.1 Å². The summed E-state index contributed by atoms with van der Waals surface area (Å²) < 4.78 is 0. The lowest BCUT2D eigenvalue weighted by Gasteiger charge is -2.16. The molecule has 3 rings (SSSR count). The summed E-state index contributed by atoms with van der Waals surface area (Å²) in [6, 6.07) is 15.5. The largest absolute Gasteiger partial charge is 0.369 e. The summed E-state index contributed by atoms with van der Waals surface area (Å²) in [5.41, 5.74) is 8.72.